The lowest BCUT2D eigenvalue weighted by Crippen LogP contribution is -2.08. The fourth-order valence-electron chi connectivity index (χ4n) is 4.28. The number of hydrogen-bond donors (Lipinski definition) is 1. The summed E-state index contributed by atoms with van der Waals surface area (Å²) in [5.74, 6) is -1.64. The van der Waals surface area contributed by atoms with Crippen molar-refractivity contribution in [3.05, 3.63) is 107 Å². The summed E-state index contributed by atoms with van der Waals surface area (Å²) in [6.07, 6.45) is -0.924. The number of aromatic nitrogens is 2. The van der Waals surface area contributed by atoms with Crippen LogP contribution in [0.4, 0.5) is 26.3 Å². The number of carbonyl (C=O) groups is 2. The molecule has 2 heterocycles. The van der Waals surface area contributed by atoms with Gasteiger partial charge in [-0.05, 0) is 111 Å². The van der Waals surface area contributed by atoms with Crippen LogP contribution in [-0.4, -0.2) is 32.3 Å². The number of nitrogens with zero attached hydrogens (tertiary/aromatic N) is 2. The fraction of sp³-hybridized carbons (Fsp3) is 0.212. The number of benzene rings is 2. The molecule has 0 aliphatic heterocycles. The van der Waals surface area contributed by atoms with E-state index < -0.39 is 35.4 Å². The van der Waals surface area contributed by atoms with Crippen molar-refractivity contribution in [2.24, 2.45) is 0 Å². The first-order chi connectivity index (χ1) is 20.9. The van der Waals surface area contributed by atoms with Gasteiger partial charge in [-0.25, -0.2) is 9.59 Å². The molecule has 4 aromatic rings. The summed E-state index contributed by atoms with van der Waals surface area (Å²) in [6, 6.07) is 14.3. The van der Waals surface area contributed by atoms with E-state index in [1.54, 1.807) is 81.1 Å². The van der Waals surface area contributed by atoms with Crippen molar-refractivity contribution < 1.29 is 45.8 Å². The third kappa shape index (κ3) is 10.0. The zero-order valence-electron chi connectivity index (χ0n) is 24.6. The van der Waals surface area contributed by atoms with Crippen LogP contribution in [0.2, 0.25) is 0 Å². The van der Waals surface area contributed by atoms with Gasteiger partial charge >= 0.3 is 24.3 Å². The maximum absolute atomic E-state index is 13.0. The first kappa shape index (κ1) is 34.5. The minimum Gasteiger partial charge on any atom is -0.478 e. The molecule has 4 rings (SSSR count). The van der Waals surface area contributed by atoms with Gasteiger partial charge in [-0.3, -0.25) is 0 Å². The minimum atomic E-state index is -4.42. The zero-order chi connectivity index (χ0) is 33.5. The van der Waals surface area contributed by atoms with Crippen LogP contribution in [0.3, 0.4) is 0 Å². The van der Waals surface area contributed by atoms with Crippen LogP contribution >= 0.6 is 0 Å². The van der Waals surface area contributed by atoms with Crippen LogP contribution in [0.1, 0.15) is 36.1 Å². The average Bonchev–Trinajstić information content (AvgIpc) is 3.59. The smallest absolute Gasteiger partial charge is 0.416 e. The Morgan fingerprint density at radius 1 is 0.733 bits per heavy atom. The maximum atomic E-state index is 13.0. The standard InChI is InChI=1S/C18H18F3NO2.C15H12F3NO2/c1-12(2)24-17(23)6-8-22-7-4-5-16(22)14-9-13(3)10-15(11-14)18(19,20)21;1-10-7-11(9-12(8-10)15(16,17)18)13-3-2-5-19(13)6-4-14(20)21/h4-12H,1-3H3;2-9H,1H3,(H,20,21)/b8-6-;6-4-. The van der Waals surface area contributed by atoms with E-state index in [1.807, 2.05) is 0 Å². The fourth-order valence-corrected chi connectivity index (χ4v) is 4.28. The summed E-state index contributed by atoms with van der Waals surface area (Å²) in [5.41, 5.74) is 1.41. The molecule has 0 fully saturated rings. The number of aliphatic carboxylic acids is 1. The number of rotatable bonds is 7. The normalized spacial score (nSPS) is 12.1. The van der Waals surface area contributed by atoms with E-state index in [0.717, 1.165) is 30.3 Å². The van der Waals surface area contributed by atoms with Crippen LogP contribution in [0.25, 0.3) is 34.9 Å². The Kier molecular flexibility index (Phi) is 10.9. The lowest BCUT2D eigenvalue weighted by Gasteiger charge is -2.11. The van der Waals surface area contributed by atoms with E-state index in [2.05, 4.69) is 0 Å². The molecule has 0 saturated heterocycles. The van der Waals surface area contributed by atoms with Gasteiger partial charge in [-0.1, -0.05) is 0 Å². The van der Waals surface area contributed by atoms with Gasteiger partial charge in [0.05, 0.1) is 28.6 Å². The van der Waals surface area contributed by atoms with Gasteiger partial charge in [0.1, 0.15) is 0 Å². The number of carbonyl (C=O) groups excluding carboxylic acids is 1. The Morgan fingerprint density at radius 3 is 1.53 bits per heavy atom. The van der Waals surface area contributed by atoms with Crippen molar-refractivity contribution >= 4 is 24.3 Å². The van der Waals surface area contributed by atoms with Crippen molar-refractivity contribution in [3.63, 3.8) is 0 Å². The van der Waals surface area contributed by atoms with E-state index in [1.165, 1.54) is 23.0 Å². The largest absolute Gasteiger partial charge is 0.478 e. The van der Waals surface area contributed by atoms with Gasteiger partial charge in [0.2, 0.25) is 0 Å². The minimum absolute atomic E-state index is 0.239. The summed E-state index contributed by atoms with van der Waals surface area (Å²) in [5, 5.41) is 8.62. The van der Waals surface area contributed by atoms with E-state index in [-0.39, 0.29) is 6.10 Å². The Hall–Kier alpha value is -5.00. The highest BCUT2D eigenvalue weighted by molar-refractivity contribution is 5.85. The number of halogens is 6. The van der Waals surface area contributed by atoms with Gasteiger partial charge in [-0.15, -0.1) is 0 Å². The van der Waals surface area contributed by atoms with Crippen molar-refractivity contribution in [2.45, 2.75) is 46.2 Å². The molecule has 45 heavy (non-hydrogen) atoms. The molecular formula is C33H30F6N2O4. The zero-order valence-corrected chi connectivity index (χ0v) is 24.6. The molecule has 12 heteroatoms. The molecule has 0 spiro atoms. The Bertz CT molecular complexity index is 1710. The van der Waals surface area contributed by atoms with Crippen LogP contribution in [0, 0.1) is 13.8 Å². The molecule has 2 aromatic carbocycles. The summed E-state index contributed by atoms with van der Waals surface area (Å²) in [7, 11) is 0. The Labute approximate surface area is 255 Å². The molecule has 0 saturated carbocycles. The molecule has 6 nitrogen and oxygen atoms in total. The van der Waals surface area contributed by atoms with E-state index >= 15 is 0 Å². The van der Waals surface area contributed by atoms with E-state index in [4.69, 9.17) is 9.84 Å². The van der Waals surface area contributed by atoms with Crippen LogP contribution in [0.15, 0.2) is 85.2 Å². The number of esters is 1. The third-order valence-corrected chi connectivity index (χ3v) is 6.06. The highest BCUT2D eigenvalue weighted by atomic mass is 19.4. The molecule has 238 valence electrons. The monoisotopic (exact) mass is 632 g/mol. The second-order valence-electron chi connectivity index (χ2n) is 10.2. The molecule has 0 aliphatic rings. The van der Waals surface area contributed by atoms with Crippen LogP contribution < -0.4 is 0 Å². The molecule has 1 N–H and O–H groups in total. The predicted octanol–water partition coefficient (Wildman–Crippen LogP) is 8.94. The number of aryl methyl sites for hydroxylation is 2. The molecule has 0 unspecified atom stereocenters. The topological polar surface area (TPSA) is 73.5 Å². The molecule has 0 amide bonds. The maximum Gasteiger partial charge on any atom is 0.416 e. The number of alkyl halides is 6. The summed E-state index contributed by atoms with van der Waals surface area (Å²) in [4.78, 5) is 22.1. The number of hydrogen-bond acceptors (Lipinski definition) is 3. The second-order valence-corrected chi connectivity index (χ2v) is 10.2. The summed E-state index contributed by atoms with van der Waals surface area (Å²) in [6.45, 7) is 6.66. The van der Waals surface area contributed by atoms with Gasteiger partial charge in [-0.2, -0.15) is 26.3 Å². The summed E-state index contributed by atoms with van der Waals surface area (Å²) >= 11 is 0. The molecule has 0 aliphatic carbocycles. The van der Waals surface area contributed by atoms with E-state index in [0.29, 0.717) is 33.6 Å². The third-order valence-electron chi connectivity index (χ3n) is 6.06. The average molecular weight is 633 g/mol. The van der Waals surface area contributed by atoms with Gasteiger partial charge < -0.3 is 19.0 Å². The van der Waals surface area contributed by atoms with Crippen molar-refractivity contribution in [1.29, 1.82) is 0 Å². The molecule has 0 radical (unpaired) electrons. The van der Waals surface area contributed by atoms with Gasteiger partial charge in [0, 0.05) is 36.9 Å². The highest BCUT2D eigenvalue weighted by Crippen LogP contribution is 2.35. The second kappa shape index (κ2) is 14.2. The number of carboxylic acid groups (broad SMARTS) is 1. The van der Waals surface area contributed by atoms with Gasteiger partial charge in [0.15, 0.2) is 0 Å². The van der Waals surface area contributed by atoms with Crippen molar-refractivity contribution in [3.8, 4) is 22.5 Å². The lowest BCUT2D eigenvalue weighted by molar-refractivity contribution is -0.141. The van der Waals surface area contributed by atoms with Crippen LogP contribution in [0.5, 0.6) is 0 Å². The molecule has 0 atom stereocenters. The first-order valence-electron chi connectivity index (χ1n) is 13.5. The SMILES string of the molecule is Cc1cc(-c2cccn2/C=C\C(=O)O)cc(C(F)(F)F)c1.Cc1cc(-c2cccn2/C=C\C(=O)OC(C)C)cc(C(F)(F)F)c1. The quantitative estimate of drug-likeness (QED) is 0.125. The Balaban J connectivity index is 0.000000248. The summed E-state index contributed by atoms with van der Waals surface area (Å²) < 4.78 is 85.5. The van der Waals surface area contributed by atoms with Crippen molar-refractivity contribution in [2.75, 3.05) is 0 Å². The van der Waals surface area contributed by atoms with E-state index in [9.17, 15) is 35.9 Å². The first-order valence-corrected chi connectivity index (χ1v) is 13.5. The van der Waals surface area contributed by atoms with Gasteiger partial charge in [0.25, 0.3) is 0 Å². The van der Waals surface area contributed by atoms with Crippen molar-refractivity contribution in [1.82, 2.24) is 9.13 Å². The Morgan fingerprint density at radius 2 is 1.16 bits per heavy atom. The predicted molar refractivity (Wildman–Crippen MR) is 159 cm³/mol. The molecule has 2 aromatic heterocycles. The van der Waals surface area contributed by atoms with Crippen LogP contribution in [-0.2, 0) is 26.7 Å². The number of ether oxygens (including phenoxy) is 1. The molecular weight excluding hydrogens is 602 g/mol. The number of carboxylic acids is 1. The lowest BCUT2D eigenvalue weighted by atomic mass is 10.0. The highest BCUT2D eigenvalue weighted by Gasteiger charge is 2.32. The molecule has 0 bridgehead atoms.